The van der Waals surface area contributed by atoms with Crippen LogP contribution in [0.15, 0.2) is 78.2 Å². The van der Waals surface area contributed by atoms with Crippen molar-refractivity contribution in [2.75, 3.05) is 18.9 Å². The fraction of sp³-hybridized carbons (Fsp3) is 0.0769. The summed E-state index contributed by atoms with van der Waals surface area (Å²) in [4.78, 5) is 16.0. The van der Waals surface area contributed by atoms with Gasteiger partial charge in [0.1, 0.15) is 17.4 Å². The van der Waals surface area contributed by atoms with Crippen LogP contribution in [-0.4, -0.2) is 42.6 Å². The van der Waals surface area contributed by atoms with Crippen LogP contribution >= 0.6 is 0 Å². The first kappa shape index (κ1) is 25.0. The molecule has 0 radical (unpaired) electrons. The van der Waals surface area contributed by atoms with Crippen molar-refractivity contribution in [3.63, 3.8) is 0 Å². The Labute approximate surface area is 216 Å². The molecule has 1 N–H and O–H groups in total. The van der Waals surface area contributed by atoms with E-state index < -0.39 is 21.7 Å². The van der Waals surface area contributed by atoms with Crippen molar-refractivity contribution in [1.29, 1.82) is 0 Å². The van der Waals surface area contributed by atoms with E-state index >= 15 is 4.39 Å². The fourth-order valence-electron chi connectivity index (χ4n) is 3.96. The molecule has 0 aliphatic carbocycles. The van der Waals surface area contributed by atoms with E-state index in [9.17, 15) is 12.8 Å². The van der Waals surface area contributed by atoms with Crippen LogP contribution < -0.4 is 14.2 Å². The standard InChI is InChI=1S/C26H19F2N5O4S/c1-36-23-13-19(20-11-16(27)14-32-25(20)37-2)22(28)12-21(23)24-18-5-4-17(10-15(18)6-9-29-24)38(34,35)33-26-30-7-3-8-31-26/h3-14H,1-2H3,(H,30,31,33). The van der Waals surface area contributed by atoms with Gasteiger partial charge in [-0.3, -0.25) is 4.98 Å². The van der Waals surface area contributed by atoms with Crippen LogP contribution in [0.25, 0.3) is 33.2 Å². The second-order valence-corrected chi connectivity index (χ2v) is 9.65. The summed E-state index contributed by atoms with van der Waals surface area (Å²) in [6, 6.07) is 11.4. The molecule has 0 aliphatic rings. The molecule has 5 rings (SSSR count). The van der Waals surface area contributed by atoms with E-state index in [0.717, 1.165) is 12.3 Å². The zero-order valence-electron chi connectivity index (χ0n) is 20.0. The number of nitrogens with zero attached hydrogens (tertiary/aromatic N) is 4. The number of hydrogen-bond acceptors (Lipinski definition) is 8. The van der Waals surface area contributed by atoms with E-state index in [2.05, 4.69) is 24.7 Å². The first-order valence-electron chi connectivity index (χ1n) is 11.1. The lowest BCUT2D eigenvalue weighted by molar-refractivity contribution is 0.397. The Balaban J connectivity index is 1.60. The van der Waals surface area contributed by atoms with E-state index in [1.807, 2.05) is 0 Å². The second kappa shape index (κ2) is 9.98. The number of halogens is 2. The zero-order valence-corrected chi connectivity index (χ0v) is 20.8. The molecule has 0 saturated heterocycles. The van der Waals surface area contributed by atoms with Crippen LogP contribution in [0.2, 0.25) is 0 Å². The SMILES string of the molecule is COc1cc(-c2cc(F)cnc2OC)c(F)cc1-c1nccc2cc(S(=O)(=O)Nc3ncccn3)ccc12. The fourth-order valence-corrected chi connectivity index (χ4v) is 4.96. The van der Waals surface area contributed by atoms with E-state index in [1.54, 1.807) is 18.2 Å². The quantitative estimate of drug-likeness (QED) is 0.314. The first-order chi connectivity index (χ1) is 18.3. The van der Waals surface area contributed by atoms with Crippen molar-refractivity contribution in [3.8, 4) is 34.0 Å². The van der Waals surface area contributed by atoms with Gasteiger partial charge in [-0.1, -0.05) is 6.07 Å². The maximum Gasteiger partial charge on any atom is 0.264 e. The van der Waals surface area contributed by atoms with Crippen LogP contribution in [0.5, 0.6) is 11.6 Å². The smallest absolute Gasteiger partial charge is 0.264 e. The molecule has 0 unspecified atom stereocenters. The lowest BCUT2D eigenvalue weighted by Gasteiger charge is -2.15. The number of aromatic nitrogens is 4. The molecule has 0 atom stereocenters. The van der Waals surface area contributed by atoms with Gasteiger partial charge in [0.15, 0.2) is 0 Å². The predicted octanol–water partition coefficient (Wildman–Crippen LogP) is 4.85. The summed E-state index contributed by atoms with van der Waals surface area (Å²) < 4.78 is 68.1. The van der Waals surface area contributed by atoms with Crippen molar-refractivity contribution in [3.05, 3.63) is 85.0 Å². The van der Waals surface area contributed by atoms with E-state index in [1.165, 1.54) is 57.1 Å². The highest BCUT2D eigenvalue weighted by atomic mass is 32.2. The number of methoxy groups -OCH3 is 2. The molecule has 9 nitrogen and oxygen atoms in total. The summed E-state index contributed by atoms with van der Waals surface area (Å²) in [5, 5.41) is 1.09. The van der Waals surface area contributed by atoms with Crippen molar-refractivity contribution in [2.24, 2.45) is 0 Å². The Bertz CT molecular complexity index is 1770. The largest absolute Gasteiger partial charge is 0.496 e. The number of benzene rings is 2. The van der Waals surface area contributed by atoms with Crippen LogP contribution in [-0.2, 0) is 10.0 Å². The van der Waals surface area contributed by atoms with Gasteiger partial charge in [0.2, 0.25) is 11.8 Å². The Morgan fingerprint density at radius 2 is 1.61 bits per heavy atom. The number of ether oxygens (including phenoxy) is 2. The van der Waals surface area contributed by atoms with Gasteiger partial charge in [-0.05, 0) is 47.9 Å². The number of anilines is 1. The third-order valence-corrected chi connectivity index (χ3v) is 7.01. The predicted molar refractivity (Wildman–Crippen MR) is 136 cm³/mol. The lowest BCUT2D eigenvalue weighted by Crippen LogP contribution is -2.14. The minimum Gasteiger partial charge on any atom is -0.496 e. The number of pyridine rings is 2. The Morgan fingerprint density at radius 1 is 0.816 bits per heavy atom. The van der Waals surface area contributed by atoms with Crippen LogP contribution in [0, 0.1) is 11.6 Å². The highest BCUT2D eigenvalue weighted by molar-refractivity contribution is 7.92. The molecule has 0 aliphatic heterocycles. The average Bonchev–Trinajstić information content (AvgIpc) is 2.92. The van der Waals surface area contributed by atoms with Crippen molar-refractivity contribution in [1.82, 2.24) is 19.9 Å². The van der Waals surface area contributed by atoms with E-state index in [4.69, 9.17) is 9.47 Å². The monoisotopic (exact) mass is 535 g/mol. The maximum atomic E-state index is 15.4. The Hall–Kier alpha value is -4.71. The number of sulfonamides is 1. The summed E-state index contributed by atoms with van der Waals surface area (Å²) in [5.74, 6) is -1.10. The van der Waals surface area contributed by atoms with Crippen LogP contribution in [0.4, 0.5) is 14.7 Å². The summed E-state index contributed by atoms with van der Waals surface area (Å²) in [6.45, 7) is 0. The normalized spacial score (nSPS) is 11.4. The Morgan fingerprint density at radius 3 is 2.34 bits per heavy atom. The summed E-state index contributed by atoms with van der Waals surface area (Å²) >= 11 is 0. The molecule has 38 heavy (non-hydrogen) atoms. The number of rotatable bonds is 7. The highest BCUT2D eigenvalue weighted by Crippen LogP contribution is 2.40. The number of nitrogens with one attached hydrogen (secondary N) is 1. The number of hydrogen-bond donors (Lipinski definition) is 1. The van der Waals surface area contributed by atoms with Crippen molar-refractivity contribution < 1.29 is 26.7 Å². The van der Waals surface area contributed by atoms with Gasteiger partial charge in [-0.15, -0.1) is 0 Å². The molecule has 0 spiro atoms. The minimum atomic E-state index is -3.98. The van der Waals surface area contributed by atoms with Gasteiger partial charge in [-0.25, -0.2) is 36.9 Å². The molecule has 3 aromatic heterocycles. The molecule has 3 heterocycles. The van der Waals surface area contributed by atoms with Gasteiger partial charge in [-0.2, -0.15) is 0 Å². The third kappa shape index (κ3) is 4.68. The molecule has 0 saturated carbocycles. The summed E-state index contributed by atoms with van der Waals surface area (Å²) in [5.41, 5.74) is 0.814. The van der Waals surface area contributed by atoms with Gasteiger partial charge >= 0.3 is 0 Å². The molecular formula is C26H19F2N5O4S. The van der Waals surface area contributed by atoms with Crippen LogP contribution in [0.1, 0.15) is 0 Å². The first-order valence-corrected chi connectivity index (χ1v) is 12.6. The van der Waals surface area contributed by atoms with Crippen molar-refractivity contribution >= 4 is 26.7 Å². The third-order valence-electron chi connectivity index (χ3n) is 5.68. The molecule has 0 bridgehead atoms. The summed E-state index contributed by atoms with van der Waals surface area (Å²) in [7, 11) is -1.21. The number of fused-ring (bicyclic) bond motifs is 1. The maximum absolute atomic E-state index is 15.4. The topological polar surface area (TPSA) is 116 Å². The van der Waals surface area contributed by atoms with Gasteiger partial charge in [0.25, 0.3) is 10.0 Å². The van der Waals surface area contributed by atoms with E-state index in [0.29, 0.717) is 22.0 Å². The molecule has 12 heteroatoms. The highest BCUT2D eigenvalue weighted by Gasteiger charge is 2.21. The van der Waals surface area contributed by atoms with Gasteiger partial charge in [0, 0.05) is 40.7 Å². The average molecular weight is 536 g/mol. The van der Waals surface area contributed by atoms with Gasteiger partial charge < -0.3 is 9.47 Å². The van der Waals surface area contributed by atoms with E-state index in [-0.39, 0.29) is 33.6 Å². The minimum absolute atomic E-state index is 0.0196. The molecular weight excluding hydrogens is 516 g/mol. The molecule has 0 fully saturated rings. The summed E-state index contributed by atoms with van der Waals surface area (Å²) in [6.07, 6.45) is 5.29. The molecule has 0 amide bonds. The molecule has 5 aromatic rings. The molecule has 192 valence electrons. The van der Waals surface area contributed by atoms with Crippen molar-refractivity contribution in [2.45, 2.75) is 4.90 Å². The molecule has 2 aromatic carbocycles. The zero-order chi connectivity index (χ0) is 26.9. The second-order valence-electron chi connectivity index (χ2n) is 7.96. The van der Waals surface area contributed by atoms with Gasteiger partial charge in [0.05, 0.1) is 31.0 Å². The lowest BCUT2D eigenvalue weighted by atomic mass is 9.98. The van der Waals surface area contributed by atoms with Crippen LogP contribution in [0.3, 0.4) is 0 Å². The Kier molecular flexibility index (Phi) is 6.55.